The maximum atomic E-state index is 12.3. The third-order valence-electron chi connectivity index (χ3n) is 4.37. The number of hydrogen-bond donors (Lipinski definition) is 1. The van der Waals surface area contributed by atoms with Gasteiger partial charge in [-0.05, 0) is 53.7 Å². The topological polar surface area (TPSA) is 55.4 Å². The van der Waals surface area contributed by atoms with E-state index < -0.39 is 5.54 Å². The summed E-state index contributed by atoms with van der Waals surface area (Å²) in [5.41, 5.74) is -0.811. The van der Waals surface area contributed by atoms with Gasteiger partial charge in [0.25, 0.3) is 0 Å². The van der Waals surface area contributed by atoms with E-state index in [1.807, 2.05) is 6.07 Å². The Morgan fingerprint density at radius 1 is 1.26 bits per heavy atom. The molecule has 6 heteroatoms. The standard InChI is InChI=1S/C17H24BrNO3S/c1-22-16(21)17(11-4-2-3-5-12-17)19-15(20)8-6-7-13-9-10-14(18)23-13/h9-10H,2-8,11-12H2,1H3,(H,19,20). The van der Waals surface area contributed by atoms with Crippen molar-refractivity contribution in [3.63, 3.8) is 0 Å². The number of amides is 1. The number of halogens is 1. The predicted molar refractivity (Wildman–Crippen MR) is 95.5 cm³/mol. The fraction of sp³-hybridized carbons (Fsp3) is 0.647. The van der Waals surface area contributed by atoms with Crippen LogP contribution in [0.2, 0.25) is 0 Å². The Labute approximate surface area is 150 Å². The first-order chi connectivity index (χ1) is 11.1. The van der Waals surface area contributed by atoms with Gasteiger partial charge in [-0.15, -0.1) is 11.3 Å². The second-order valence-corrected chi connectivity index (χ2v) is 8.64. The summed E-state index contributed by atoms with van der Waals surface area (Å²) in [4.78, 5) is 25.8. The molecule has 0 aromatic carbocycles. The Kier molecular flexibility index (Phi) is 7.09. The van der Waals surface area contributed by atoms with Crippen molar-refractivity contribution in [2.24, 2.45) is 0 Å². The highest BCUT2D eigenvalue weighted by atomic mass is 79.9. The van der Waals surface area contributed by atoms with Crippen molar-refractivity contribution in [3.8, 4) is 0 Å². The molecule has 23 heavy (non-hydrogen) atoms. The van der Waals surface area contributed by atoms with Gasteiger partial charge in [0.15, 0.2) is 0 Å². The summed E-state index contributed by atoms with van der Waals surface area (Å²) in [5, 5.41) is 3.00. The van der Waals surface area contributed by atoms with Crippen LogP contribution in [0.1, 0.15) is 56.2 Å². The Balaban J connectivity index is 1.88. The van der Waals surface area contributed by atoms with Crippen LogP contribution in [-0.4, -0.2) is 24.5 Å². The Morgan fingerprint density at radius 3 is 2.52 bits per heavy atom. The van der Waals surface area contributed by atoms with Crippen molar-refractivity contribution in [3.05, 3.63) is 20.8 Å². The van der Waals surface area contributed by atoms with Crippen molar-refractivity contribution in [1.29, 1.82) is 0 Å². The first-order valence-corrected chi connectivity index (χ1v) is 9.80. The molecule has 1 aromatic heterocycles. The monoisotopic (exact) mass is 401 g/mol. The fourth-order valence-electron chi connectivity index (χ4n) is 3.15. The molecule has 2 rings (SSSR count). The van der Waals surface area contributed by atoms with Crippen LogP contribution in [0.25, 0.3) is 0 Å². The van der Waals surface area contributed by atoms with Gasteiger partial charge in [0.05, 0.1) is 10.9 Å². The van der Waals surface area contributed by atoms with Gasteiger partial charge in [-0.1, -0.05) is 25.7 Å². The largest absolute Gasteiger partial charge is 0.467 e. The number of ether oxygens (including phenoxy) is 1. The lowest BCUT2D eigenvalue weighted by Gasteiger charge is -2.30. The molecule has 1 aromatic rings. The maximum absolute atomic E-state index is 12.3. The summed E-state index contributed by atoms with van der Waals surface area (Å²) in [7, 11) is 1.40. The summed E-state index contributed by atoms with van der Waals surface area (Å²) in [6.45, 7) is 0. The maximum Gasteiger partial charge on any atom is 0.331 e. The molecule has 0 atom stereocenters. The van der Waals surface area contributed by atoms with E-state index in [0.717, 1.165) is 42.3 Å². The molecule has 128 valence electrons. The molecule has 0 aliphatic heterocycles. The number of aryl methyl sites for hydroxylation is 1. The Bertz CT molecular complexity index is 536. The van der Waals surface area contributed by atoms with Gasteiger partial charge in [-0.2, -0.15) is 0 Å². The quantitative estimate of drug-likeness (QED) is 0.573. The van der Waals surface area contributed by atoms with Crippen molar-refractivity contribution < 1.29 is 14.3 Å². The summed E-state index contributed by atoms with van der Waals surface area (Å²) in [5.74, 6) is -0.345. The minimum Gasteiger partial charge on any atom is -0.467 e. The third-order valence-corrected chi connectivity index (χ3v) is 6.05. The molecule has 0 radical (unpaired) electrons. The van der Waals surface area contributed by atoms with E-state index in [-0.39, 0.29) is 11.9 Å². The van der Waals surface area contributed by atoms with E-state index in [0.29, 0.717) is 19.3 Å². The summed E-state index contributed by atoms with van der Waals surface area (Å²) in [6.07, 6.45) is 7.62. The van der Waals surface area contributed by atoms with Crippen LogP contribution >= 0.6 is 27.3 Å². The highest BCUT2D eigenvalue weighted by Crippen LogP contribution is 2.29. The van der Waals surface area contributed by atoms with Gasteiger partial charge >= 0.3 is 5.97 Å². The lowest BCUT2D eigenvalue weighted by molar-refractivity contribution is -0.151. The minimum atomic E-state index is -0.811. The van der Waals surface area contributed by atoms with E-state index in [2.05, 4.69) is 27.3 Å². The molecular weight excluding hydrogens is 378 g/mol. The van der Waals surface area contributed by atoms with E-state index >= 15 is 0 Å². The minimum absolute atomic E-state index is 0.0482. The first-order valence-electron chi connectivity index (χ1n) is 8.19. The summed E-state index contributed by atoms with van der Waals surface area (Å²) in [6, 6.07) is 4.10. The molecule has 1 saturated carbocycles. The molecule has 0 bridgehead atoms. The molecule has 1 heterocycles. The number of rotatable bonds is 6. The summed E-state index contributed by atoms with van der Waals surface area (Å²) < 4.78 is 6.08. The van der Waals surface area contributed by atoms with Crippen LogP contribution in [0.5, 0.6) is 0 Å². The van der Waals surface area contributed by atoms with Crippen molar-refractivity contribution >= 4 is 39.1 Å². The summed E-state index contributed by atoms with van der Waals surface area (Å²) >= 11 is 5.14. The number of esters is 1. The average molecular weight is 402 g/mol. The number of thiophene rings is 1. The molecule has 4 nitrogen and oxygen atoms in total. The highest BCUT2D eigenvalue weighted by Gasteiger charge is 2.40. The van der Waals surface area contributed by atoms with Crippen LogP contribution < -0.4 is 5.32 Å². The molecule has 1 aliphatic rings. The number of hydrogen-bond acceptors (Lipinski definition) is 4. The number of carbonyl (C=O) groups is 2. The second-order valence-electron chi connectivity index (χ2n) is 6.10. The van der Waals surface area contributed by atoms with Crippen molar-refractivity contribution in [2.75, 3.05) is 7.11 Å². The normalized spacial score (nSPS) is 17.3. The molecule has 0 spiro atoms. The fourth-order valence-corrected chi connectivity index (χ4v) is 4.67. The zero-order valence-electron chi connectivity index (χ0n) is 13.5. The molecular formula is C17H24BrNO3S. The van der Waals surface area contributed by atoms with E-state index in [4.69, 9.17) is 4.74 Å². The van der Waals surface area contributed by atoms with Gasteiger partial charge in [0.1, 0.15) is 5.54 Å². The molecule has 1 amide bonds. The molecule has 1 aliphatic carbocycles. The van der Waals surface area contributed by atoms with Gasteiger partial charge in [0.2, 0.25) is 5.91 Å². The van der Waals surface area contributed by atoms with E-state index in [9.17, 15) is 9.59 Å². The van der Waals surface area contributed by atoms with Crippen LogP contribution in [0.15, 0.2) is 15.9 Å². The van der Waals surface area contributed by atoms with Crippen LogP contribution in [-0.2, 0) is 20.7 Å². The molecule has 1 N–H and O–H groups in total. The van der Waals surface area contributed by atoms with Crippen LogP contribution in [0, 0.1) is 0 Å². The van der Waals surface area contributed by atoms with Crippen molar-refractivity contribution in [2.45, 2.75) is 63.3 Å². The second kappa shape index (κ2) is 8.83. The van der Waals surface area contributed by atoms with Gasteiger partial charge in [-0.25, -0.2) is 4.79 Å². The number of methoxy groups -OCH3 is 1. The lowest BCUT2D eigenvalue weighted by Crippen LogP contribution is -2.54. The first kappa shape index (κ1) is 18.5. The van der Waals surface area contributed by atoms with Crippen LogP contribution in [0.4, 0.5) is 0 Å². The predicted octanol–water partition coefficient (Wildman–Crippen LogP) is 4.22. The van der Waals surface area contributed by atoms with Gasteiger partial charge in [0, 0.05) is 11.3 Å². The number of nitrogens with one attached hydrogen (secondary N) is 1. The third kappa shape index (κ3) is 5.31. The SMILES string of the molecule is COC(=O)C1(NC(=O)CCCc2ccc(Br)s2)CCCCCC1. The van der Waals surface area contributed by atoms with E-state index in [1.165, 1.54) is 12.0 Å². The van der Waals surface area contributed by atoms with Gasteiger partial charge < -0.3 is 10.1 Å². The van der Waals surface area contributed by atoms with Crippen molar-refractivity contribution in [1.82, 2.24) is 5.32 Å². The Morgan fingerprint density at radius 2 is 1.96 bits per heavy atom. The van der Waals surface area contributed by atoms with E-state index in [1.54, 1.807) is 11.3 Å². The average Bonchev–Trinajstić information content (AvgIpc) is 2.80. The molecule has 0 unspecified atom stereocenters. The smallest absolute Gasteiger partial charge is 0.331 e. The molecule has 0 saturated heterocycles. The highest BCUT2D eigenvalue weighted by molar-refractivity contribution is 9.11. The lowest BCUT2D eigenvalue weighted by atomic mass is 9.90. The zero-order valence-corrected chi connectivity index (χ0v) is 15.9. The Hall–Kier alpha value is -0.880. The zero-order chi connectivity index (χ0) is 16.7. The van der Waals surface area contributed by atoms with Gasteiger partial charge in [-0.3, -0.25) is 4.79 Å². The molecule has 1 fully saturated rings. The van der Waals surface area contributed by atoms with Crippen LogP contribution in [0.3, 0.4) is 0 Å². The number of carbonyl (C=O) groups excluding carboxylic acids is 2.